The zero-order valence-corrected chi connectivity index (χ0v) is 17.6. The molecule has 1 fully saturated rings. The van der Waals surface area contributed by atoms with Crippen molar-refractivity contribution in [2.75, 3.05) is 0 Å². The number of halogens is 4. The first-order valence-corrected chi connectivity index (χ1v) is 9.57. The minimum atomic E-state index is -0.541. The van der Waals surface area contributed by atoms with Crippen LogP contribution in [-0.4, -0.2) is 11.9 Å². The SMILES string of the molecule is O=C1NC(=O)/C(=C\c2cc(Br)c(OCc3ccc(Cl)c(Cl)c3)c(Br)c2)N1. The number of ether oxygens (including phenoxy) is 1. The summed E-state index contributed by atoms with van der Waals surface area (Å²) in [4.78, 5) is 22.8. The minimum Gasteiger partial charge on any atom is -0.487 e. The van der Waals surface area contributed by atoms with E-state index in [2.05, 4.69) is 42.5 Å². The van der Waals surface area contributed by atoms with Crippen LogP contribution in [0, 0.1) is 0 Å². The molecule has 134 valence electrons. The third-order valence-corrected chi connectivity index (χ3v) is 5.34. The van der Waals surface area contributed by atoms with Crippen LogP contribution in [0.15, 0.2) is 45.0 Å². The normalized spacial score (nSPS) is 15.2. The number of amides is 3. The van der Waals surface area contributed by atoms with Crippen LogP contribution in [0.25, 0.3) is 6.08 Å². The molecule has 0 saturated carbocycles. The Labute approximate surface area is 175 Å². The molecule has 5 nitrogen and oxygen atoms in total. The van der Waals surface area contributed by atoms with Crippen molar-refractivity contribution in [3.8, 4) is 5.75 Å². The number of carbonyl (C=O) groups is 2. The molecular weight excluding hydrogens is 511 g/mol. The van der Waals surface area contributed by atoms with Crippen LogP contribution in [0.1, 0.15) is 11.1 Å². The highest BCUT2D eigenvalue weighted by Gasteiger charge is 2.23. The molecule has 2 aromatic rings. The zero-order valence-electron chi connectivity index (χ0n) is 12.9. The molecule has 0 aromatic heterocycles. The summed E-state index contributed by atoms with van der Waals surface area (Å²) in [6.45, 7) is 0.299. The van der Waals surface area contributed by atoms with Gasteiger partial charge in [-0.15, -0.1) is 0 Å². The van der Waals surface area contributed by atoms with E-state index in [9.17, 15) is 9.59 Å². The van der Waals surface area contributed by atoms with Crippen molar-refractivity contribution >= 4 is 73.1 Å². The summed E-state index contributed by atoms with van der Waals surface area (Å²) in [6, 6.07) is 8.30. The van der Waals surface area contributed by atoms with Crippen LogP contribution < -0.4 is 15.4 Å². The van der Waals surface area contributed by atoms with E-state index in [1.54, 1.807) is 30.3 Å². The van der Waals surface area contributed by atoms with Gasteiger partial charge < -0.3 is 10.1 Å². The summed E-state index contributed by atoms with van der Waals surface area (Å²) in [5, 5.41) is 5.53. The van der Waals surface area contributed by atoms with Gasteiger partial charge >= 0.3 is 6.03 Å². The molecule has 2 aromatic carbocycles. The molecule has 2 N–H and O–H groups in total. The zero-order chi connectivity index (χ0) is 18.8. The summed E-state index contributed by atoms with van der Waals surface area (Å²) < 4.78 is 7.21. The second-order valence-electron chi connectivity index (χ2n) is 5.32. The summed E-state index contributed by atoms with van der Waals surface area (Å²) in [5.41, 5.74) is 1.76. The summed E-state index contributed by atoms with van der Waals surface area (Å²) in [6.07, 6.45) is 1.57. The number of benzene rings is 2. The smallest absolute Gasteiger partial charge is 0.326 e. The number of rotatable bonds is 4. The van der Waals surface area contributed by atoms with Crippen LogP contribution in [0.5, 0.6) is 5.75 Å². The average Bonchev–Trinajstić information content (AvgIpc) is 2.87. The molecule has 1 saturated heterocycles. The molecule has 3 rings (SSSR count). The monoisotopic (exact) mass is 518 g/mol. The van der Waals surface area contributed by atoms with Gasteiger partial charge in [-0.3, -0.25) is 10.1 Å². The highest BCUT2D eigenvalue weighted by Crippen LogP contribution is 2.36. The van der Waals surface area contributed by atoms with E-state index in [0.29, 0.717) is 36.9 Å². The second kappa shape index (κ2) is 8.00. The van der Waals surface area contributed by atoms with Gasteiger partial charge in [0.05, 0.1) is 19.0 Å². The van der Waals surface area contributed by atoms with Gasteiger partial charge in [-0.05, 0) is 73.3 Å². The van der Waals surface area contributed by atoms with Crippen molar-refractivity contribution in [1.29, 1.82) is 0 Å². The third kappa shape index (κ3) is 4.40. The Morgan fingerprint density at radius 3 is 2.27 bits per heavy atom. The Balaban J connectivity index is 1.79. The number of hydrogen-bond acceptors (Lipinski definition) is 3. The predicted octanol–water partition coefficient (Wildman–Crippen LogP) is 5.28. The van der Waals surface area contributed by atoms with Crippen LogP contribution in [-0.2, 0) is 11.4 Å². The van der Waals surface area contributed by atoms with E-state index < -0.39 is 11.9 Å². The quantitative estimate of drug-likeness (QED) is 0.426. The first-order chi connectivity index (χ1) is 12.3. The van der Waals surface area contributed by atoms with Gasteiger partial charge in [0, 0.05) is 0 Å². The highest BCUT2D eigenvalue weighted by atomic mass is 79.9. The van der Waals surface area contributed by atoms with Crippen LogP contribution >= 0.6 is 55.1 Å². The fraction of sp³-hybridized carbons (Fsp3) is 0.0588. The second-order valence-corrected chi connectivity index (χ2v) is 7.84. The van der Waals surface area contributed by atoms with Crippen molar-refractivity contribution in [2.45, 2.75) is 6.61 Å². The molecule has 0 unspecified atom stereocenters. The van der Waals surface area contributed by atoms with Crippen LogP contribution in [0.3, 0.4) is 0 Å². The maximum Gasteiger partial charge on any atom is 0.326 e. The number of imide groups is 1. The molecule has 1 heterocycles. The van der Waals surface area contributed by atoms with Gasteiger partial charge in [-0.25, -0.2) is 4.79 Å². The lowest BCUT2D eigenvalue weighted by Gasteiger charge is -2.12. The van der Waals surface area contributed by atoms with E-state index in [-0.39, 0.29) is 5.70 Å². The summed E-state index contributed by atoms with van der Waals surface area (Å²) >= 11 is 18.8. The van der Waals surface area contributed by atoms with Gasteiger partial charge in [0.25, 0.3) is 5.91 Å². The maximum absolute atomic E-state index is 11.6. The number of urea groups is 1. The molecule has 1 aliphatic rings. The fourth-order valence-electron chi connectivity index (χ4n) is 2.23. The maximum atomic E-state index is 11.6. The van der Waals surface area contributed by atoms with Gasteiger partial charge in [0.15, 0.2) is 0 Å². The first-order valence-electron chi connectivity index (χ1n) is 7.23. The first kappa shape index (κ1) is 19.2. The lowest BCUT2D eigenvalue weighted by Crippen LogP contribution is -2.22. The fourth-order valence-corrected chi connectivity index (χ4v) is 4.01. The Morgan fingerprint density at radius 1 is 1.00 bits per heavy atom. The van der Waals surface area contributed by atoms with Crippen molar-refractivity contribution < 1.29 is 14.3 Å². The largest absolute Gasteiger partial charge is 0.487 e. The Hall–Kier alpha value is -1.54. The molecule has 3 amide bonds. The van der Waals surface area contributed by atoms with Gasteiger partial charge in [-0.1, -0.05) is 29.3 Å². The molecular formula is C17H10Br2Cl2N2O3. The van der Waals surface area contributed by atoms with Crippen LogP contribution in [0.2, 0.25) is 10.0 Å². The van der Waals surface area contributed by atoms with E-state index in [4.69, 9.17) is 27.9 Å². The summed E-state index contributed by atoms with van der Waals surface area (Å²) in [7, 11) is 0. The van der Waals surface area contributed by atoms with E-state index in [1.165, 1.54) is 0 Å². The Bertz CT molecular complexity index is 925. The van der Waals surface area contributed by atoms with Gasteiger partial charge in [0.2, 0.25) is 0 Å². The van der Waals surface area contributed by atoms with Gasteiger partial charge in [0.1, 0.15) is 18.1 Å². The third-order valence-electron chi connectivity index (χ3n) is 3.42. The lowest BCUT2D eigenvalue weighted by atomic mass is 10.2. The molecule has 9 heteroatoms. The lowest BCUT2D eigenvalue weighted by molar-refractivity contribution is -0.115. The minimum absolute atomic E-state index is 0.179. The van der Waals surface area contributed by atoms with Crippen molar-refractivity contribution in [2.24, 2.45) is 0 Å². The van der Waals surface area contributed by atoms with E-state index >= 15 is 0 Å². The molecule has 0 spiro atoms. The molecule has 0 radical (unpaired) electrons. The predicted molar refractivity (Wildman–Crippen MR) is 107 cm³/mol. The molecule has 0 atom stereocenters. The topological polar surface area (TPSA) is 67.4 Å². The highest BCUT2D eigenvalue weighted by molar-refractivity contribution is 9.11. The van der Waals surface area contributed by atoms with Crippen molar-refractivity contribution in [3.05, 3.63) is 66.1 Å². The van der Waals surface area contributed by atoms with E-state index in [0.717, 1.165) is 5.56 Å². The van der Waals surface area contributed by atoms with Crippen LogP contribution in [0.4, 0.5) is 4.79 Å². The number of nitrogens with one attached hydrogen (secondary N) is 2. The number of carbonyl (C=O) groups excluding carboxylic acids is 2. The molecule has 0 aliphatic carbocycles. The standard InChI is InChI=1S/C17H10Br2Cl2N2O3/c18-10-3-9(6-14-16(24)23-17(25)22-14)4-11(19)15(10)26-7-8-1-2-12(20)13(21)5-8/h1-6H,7H2,(H2,22,23,24,25)/b14-6+. The average molecular weight is 521 g/mol. The molecule has 0 bridgehead atoms. The van der Waals surface area contributed by atoms with Crippen molar-refractivity contribution in [3.63, 3.8) is 0 Å². The van der Waals surface area contributed by atoms with Gasteiger partial charge in [-0.2, -0.15) is 0 Å². The molecule has 26 heavy (non-hydrogen) atoms. The number of hydrogen-bond donors (Lipinski definition) is 2. The molecule has 1 aliphatic heterocycles. The Morgan fingerprint density at radius 2 is 1.69 bits per heavy atom. The van der Waals surface area contributed by atoms with E-state index in [1.807, 2.05) is 6.07 Å². The van der Waals surface area contributed by atoms with Crippen molar-refractivity contribution in [1.82, 2.24) is 10.6 Å². The summed E-state index contributed by atoms with van der Waals surface area (Å²) in [5.74, 6) is 0.125. The Kier molecular flexibility index (Phi) is 5.92.